The highest BCUT2D eigenvalue weighted by Gasteiger charge is 2.50. The molecule has 0 atom stereocenters. The van der Waals surface area contributed by atoms with Crippen LogP contribution < -0.4 is 5.32 Å². The molecule has 1 amide bonds. The summed E-state index contributed by atoms with van der Waals surface area (Å²) < 4.78 is 0. The van der Waals surface area contributed by atoms with Gasteiger partial charge in [0.15, 0.2) is 0 Å². The molecule has 1 aliphatic rings. The maximum Gasteiger partial charge on any atom is 0.311 e. The first-order valence-electron chi connectivity index (χ1n) is 6.07. The number of hydrogen-bond acceptors (Lipinski definition) is 2. The SMILES string of the molecule is Cc1cccc(CC(=O)NCC2(C(=O)O)CC2)c1. The Labute approximate surface area is 106 Å². The van der Waals surface area contributed by atoms with Crippen LogP contribution in [0.5, 0.6) is 0 Å². The van der Waals surface area contributed by atoms with Crippen LogP contribution >= 0.6 is 0 Å². The molecule has 18 heavy (non-hydrogen) atoms. The van der Waals surface area contributed by atoms with Crippen LogP contribution in [0.25, 0.3) is 0 Å². The topological polar surface area (TPSA) is 66.4 Å². The first-order chi connectivity index (χ1) is 8.52. The minimum absolute atomic E-state index is 0.117. The first kappa shape index (κ1) is 12.6. The van der Waals surface area contributed by atoms with Crippen molar-refractivity contribution in [1.82, 2.24) is 5.32 Å². The fourth-order valence-electron chi connectivity index (χ4n) is 1.95. The predicted octanol–water partition coefficient (Wildman–Crippen LogP) is 1.52. The van der Waals surface area contributed by atoms with Crippen LogP contribution in [-0.4, -0.2) is 23.5 Å². The van der Waals surface area contributed by atoms with E-state index in [9.17, 15) is 9.59 Å². The number of carboxylic acids is 1. The fourth-order valence-corrected chi connectivity index (χ4v) is 1.95. The summed E-state index contributed by atoms with van der Waals surface area (Å²) in [7, 11) is 0. The van der Waals surface area contributed by atoms with E-state index < -0.39 is 11.4 Å². The highest BCUT2D eigenvalue weighted by atomic mass is 16.4. The van der Waals surface area contributed by atoms with Gasteiger partial charge in [-0.3, -0.25) is 9.59 Å². The number of carboxylic acid groups (broad SMARTS) is 1. The summed E-state index contributed by atoms with van der Waals surface area (Å²) in [6.45, 7) is 2.22. The minimum Gasteiger partial charge on any atom is -0.481 e. The normalized spacial score (nSPS) is 16.1. The Morgan fingerprint density at radius 1 is 1.39 bits per heavy atom. The highest BCUT2D eigenvalue weighted by Crippen LogP contribution is 2.45. The minimum atomic E-state index is -0.807. The zero-order valence-electron chi connectivity index (χ0n) is 10.4. The zero-order valence-corrected chi connectivity index (χ0v) is 10.4. The zero-order chi connectivity index (χ0) is 13.2. The first-order valence-corrected chi connectivity index (χ1v) is 6.07. The van der Waals surface area contributed by atoms with Gasteiger partial charge in [-0.1, -0.05) is 29.8 Å². The Hall–Kier alpha value is -1.84. The molecular weight excluding hydrogens is 230 g/mol. The molecule has 0 aromatic heterocycles. The Morgan fingerprint density at radius 2 is 2.11 bits per heavy atom. The Kier molecular flexibility index (Phi) is 3.36. The van der Waals surface area contributed by atoms with Gasteiger partial charge in [0.1, 0.15) is 0 Å². The molecule has 1 aliphatic carbocycles. The third kappa shape index (κ3) is 2.88. The van der Waals surface area contributed by atoms with Crippen LogP contribution in [0.3, 0.4) is 0 Å². The van der Waals surface area contributed by atoms with E-state index in [1.54, 1.807) is 0 Å². The van der Waals surface area contributed by atoms with Crippen LogP contribution in [0.15, 0.2) is 24.3 Å². The van der Waals surface area contributed by atoms with E-state index in [4.69, 9.17) is 5.11 Å². The summed E-state index contributed by atoms with van der Waals surface area (Å²) in [4.78, 5) is 22.7. The summed E-state index contributed by atoms with van der Waals surface area (Å²) in [6.07, 6.45) is 1.62. The molecule has 0 unspecified atom stereocenters. The molecule has 96 valence electrons. The van der Waals surface area contributed by atoms with E-state index in [1.807, 2.05) is 31.2 Å². The van der Waals surface area contributed by atoms with E-state index in [1.165, 1.54) is 0 Å². The van der Waals surface area contributed by atoms with Crippen molar-refractivity contribution >= 4 is 11.9 Å². The van der Waals surface area contributed by atoms with Gasteiger partial charge in [-0.2, -0.15) is 0 Å². The van der Waals surface area contributed by atoms with Gasteiger partial charge in [0.25, 0.3) is 0 Å². The van der Waals surface area contributed by atoms with Crippen molar-refractivity contribution in [1.29, 1.82) is 0 Å². The standard InChI is InChI=1S/C14H17NO3/c1-10-3-2-4-11(7-10)8-12(16)15-9-14(5-6-14)13(17)18/h2-4,7H,5-6,8-9H2,1H3,(H,15,16)(H,17,18). The maximum atomic E-state index is 11.7. The molecule has 0 radical (unpaired) electrons. The quantitative estimate of drug-likeness (QED) is 0.829. The lowest BCUT2D eigenvalue weighted by atomic mass is 10.1. The van der Waals surface area contributed by atoms with Crippen molar-refractivity contribution in [2.24, 2.45) is 5.41 Å². The summed E-state index contributed by atoms with van der Waals surface area (Å²) in [5.74, 6) is -0.925. The van der Waals surface area contributed by atoms with Crippen LogP contribution in [0.1, 0.15) is 24.0 Å². The van der Waals surface area contributed by atoms with Crippen molar-refractivity contribution in [2.45, 2.75) is 26.2 Å². The predicted molar refractivity (Wildman–Crippen MR) is 67.2 cm³/mol. The van der Waals surface area contributed by atoms with E-state index in [-0.39, 0.29) is 12.5 Å². The monoisotopic (exact) mass is 247 g/mol. The van der Waals surface area contributed by atoms with Gasteiger partial charge in [0.05, 0.1) is 11.8 Å². The molecule has 4 heteroatoms. The Morgan fingerprint density at radius 3 is 2.67 bits per heavy atom. The molecule has 1 aromatic carbocycles. The fraction of sp³-hybridized carbons (Fsp3) is 0.429. The number of rotatable bonds is 5. The van der Waals surface area contributed by atoms with E-state index in [2.05, 4.69) is 5.32 Å². The maximum absolute atomic E-state index is 11.7. The molecule has 0 aliphatic heterocycles. The summed E-state index contributed by atoms with van der Waals surface area (Å²) in [5.41, 5.74) is 1.37. The molecular formula is C14H17NO3. The van der Waals surface area contributed by atoms with Crippen LogP contribution in [-0.2, 0) is 16.0 Å². The largest absolute Gasteiger partial charge is 0.481 e. The van der Waals surface area contributed by atoms with Gasteiger partial charge in [-0.15, -0.1) is 0 Å². The second kappa shape index (κ2) is 4.80. The molecule has 1 aromatic rings. The van der Waals surface area contributed by atoms with Crippen molar-refractivity contribution in [3.05, 3.63) is 35.4 Å². The number of nitrogens with one attached hydrogen (secondary N) is 1. The van der Waals surface area contributed by atoms with Crippen molar-refractivity contribution < 1.29 is 14.7 Å². The van der Waals surface area contributed by atoms with Gasteiger partial charge >= 0.3 is 5.97 Å². The van der Waals surface area contributed by atoms with E-state index in [0.717, 1.165) is 11.1 Å². The van der Waals surface area contributed by atoms with Gasteiger partial charge in [-0.05, 0) is 25.3 Å². The number of amides is 1. The molecule has 1 saturated carbocycles. The summed E-state index contributed by atoms with van der Waals surface area (Å²) >= 11 is 0. The second-order valence-corrected chi connectivity index (χ2v) is 5.03. The molecule has 2 N–H and O–H groups in total. The molecule has 0 spiro atoms. The van der Waals surface area contributed by atoms with Gasteiger partial charge < -0.3 is 10.4 Å². The van der Waals surface area contributed by atoms with Gasteiger partial charge in [-0.25, -0.2) is 0 Å². The second-order valence-electron chi connectivity index (χ2n) is 5.03. The smallest absolute Gasteiger partial charge is 0.311 e. The van der Waals surface area contributed by atoms with Crippen LogP contribution in [0, 0.1) is 12.3 Å². The summed E-state index contributed by atoms with van der Waals surface area (Å²) in [5, 5.41) is 11.7. The molecule has 2 rings (SSSR count). The van der Waals surface area contributed by atoms with Crippen molar-refractivity contribution in [3.8, 4) is 0 Å². The lowest BCUT2D eigenvalue weighted by Gasteiger charge is -2.11. The van der Waals surface area contributed by atoms with Crippen molar-refractivity contribution in [3.63, 3.8) is 0 Å². The molecule has 0 heterocycles. The van der Waals surface area contributed by atoms with Crippen LogP contribution in [0.4, 0.5) is 0 Å². The highest BCUT2D eigenvalue weighted by molar-refractivity contribution is 5.82. The summed E-state index contributed by atoms with van der Waals surface area (Å²) in [6, 6.07) is 7.75. The lowest BCUT2D eigenvalue weighted by Crippen LogP contribution is -2.35. The number of aryl methyl sites for hydroxylation is 1. The Balaban J connectivity index is 1.84. The van der Waals surface area contributed by atoms with E-state index in [0.29, 0.717) is 19.3 Å². The van der Waals surface area contributed by atoms with Crippen molar-refractivity contribution in [2.75, 3.05) is 6.54 Å². The third-order valence-electron chi connectivity index (χ3n) is 3.38. The molecule has 4 nitrogen and oxygen atoms in total. The van der Waals surface area contributed by atoms with Gasteiger partial charge in [0.2, 0.25) is 5.91 Å². The number of aliphatic carboxylic acids is 1. The Bertz CT molecular complexity index is 478. The number of hydrogen-bond donors (Lipinski definition) is 2. The number of benzene rings is 1. The van der Waals surface area contributed by atoms with Gasteiger partial charge in [0, 0.05) is 6.54 Å². The lowest BCUT2D eigenvalue weighted by molar-refractivity contribution is -0.143. The number of carbonyl (C=O) groups is 2. The third-order valence-corrected chi connectivity index (χ3v) is 3.38. The molecule has 0 saturated heterocycles. The average molecular weight is 247 g/mol. The average Bonchev–Trinajstić information content (AvgIpc) is 3.07. The molecule has 1 fully saturated rings. The van der Waals surface area contributed by atoms with E-state index >= 15 is 0 Å². The van der Waals surface area contributed by atoms with Crippen LogP contribution in [0.2, 0.25) is 0 Å². The number of carbonyl (C=O) groups excluding carboxylic acids is 1. The molecule has 0 bridgehead atoms.